The quantitative estimate of drug-likeness (QED) is 0.878. The Morgan fingerprint density at radius 1 is 1.37 bits per heavy atom. The molecule has 3 nitrogen and oxygen atoms in total. The second-order valence-electron chi connectivity index (χ2n) is 5.37. The third-order valence-electron chi connectivity index (χ3n) is 3.86. The van der Waals surface area contributed by atoms with Crippen molar-refractivity contribution >= 4 is 0 Å². The summed E-state index contributed by atoms with van der Waals surface area (Å²) in [7, 11) is 0. The van der Waals surface area contributed by atoms with E-state index < -0.39 is 12.2 Å². The Bertz CT molecular complexity index is 411. The zero-order valence-electron chi connectivity index (χ0n) is 11.3. The van der Waals surface area contributed by atoms with Gasteiger partial charge in [-0.1, -0.05) is 18.6 Å². The van der Waals surface area contributed by atoms with E-state index in [1.54, 1.807) is 19.1 Å². The maximum absolute atomic E-state index is 13.1. The summed E-state index contributed by atoms with van der Waals surface area (Å²) in [5, 5.41) is 20.0. The summed E-state index contributed by atoms with van der Waals surface area (Å²) in [6.45, 7) is 3.11. The highest BCUT2D eigenvalue weighted by molar-refractivity contribution is 5.19. The number of aliphatic hydroxyl groups excluding tert-OH is 2. The topological polar surface area (TPSA) is 43.7 Å². The molecule has 2 N–H and O–H groups in total. The van der Waals surface area contributed by atoms with Gasteiger partial charge in [-0.3, -0.25) is 4.90 Å². The summed E-state index contributed by atoms with van der Waals surface area (Å²) in [6.07, 6.45) is 2.03. The first-order valence-electron chi connectivity index (χ1n) is 6.93. The molecule has 19 heavy (non-hydrogen) atoms. The van der Waals surface area contributed by atoms with Crippen molar-refractivity contribution in [2.24, 2.45) is 0 Å². The monoisotopic (exact) mass is 267 g/mol. The van der Waals surface area contributed by atoms with Gasteiger partial charge in [-0.05, 0) is 44.0 Å². The van der Waals surface area contributed by atoms with Crippen LogP contribution in [-0.4, -0.2) is 40.3 Å². The van der Waals surface area contributed by atoms with Crippen molar-refractivity contribution in [1.82, 2.24) is 4.90 Å². The molecule has 0 unspecified atom stereocenters. The highest BCUT2D eigenvalue weighted by atomic mass is 19.1. The van der Waals surface area contributed by atoms with E-state index in [0.717, 1.165) is 25.8 Å². The first-order valence-corrected chi connectivity index (χ1v) is 6.93. The molecule has 1 heterocycles. The van der Waals surface area contributed by atoms with E-state index in [-0.39, 0.29) is 11.9 Å². The maximum Gasteiger partial charge on any atom is 0.123 e. The van der Waals surface area contributed by atoms with Crippen LogP contribution in [0.4, 0.5) is 4.39 Å². The Labute approximate surface area is 113 Å². The van der Waals surface area contributed by atoms with Crippen LogP contribution in [0.3, 0.4) is 0 Å². The fourth-order valence-electron chi connectivity index (χ4n) is 2.83. The SMILES string of the molecule is C[C@H](O)[C@H]1CCCCN1C[C@@H](O)c1cccc(F)c1. The summed E-state index contributed by atoms with van der Waals surface area (Å²) in [6, 6.07) is 6.17. The molecule has 0 saturated carbocycles. The number of likely N-dealkylation sites (tertiary alicyclic amines) is 1. The van der Waals surface area contributed by atoms with Gasteiger partial charge in [0.1, 0.15) is 5.82 Å². The van der Waals surface area contributed by atoms with Crippen molar-refractivity contribution in [3.8, 4) is 0 Å². The minimum absolute atomic E-state index is 0.0944. The first-order chi connectivity index (χ1) is 9.08. The van der Waals surface area contributed by atoms with Crippen LogP contribution in [0.5, 0.6) is 0 Å². The Kier molecular flexibility index (Phi) is 4.91. The first kappa shape index (κ1) is 14.4. The molecule has 2 rings (SSSR count). The number of benzene rings is 1. The Morgan fingerprint density at radius 2 is 2.16 bits per heavy atom. The standard InChI is InChI=1S/C15H22FNO2/c1-11(18)14-7-2-3-8-17(14)10-15(19)12-5-4-6-13(16)9-12/h4-6,9,11,14-15,18-19H,2-3,7-8,10H2,1H3/t11-,14+,15+/m0/s1. The summed E-state index contributed by atoms with van der Waals surface area (Å²) < 4.78 is 13.1. The molecular weight excluding hydrogens is 245 g/mol. The molecule has 1 aromatic rings. The average molecular weight is 267 g/mol. The van der Waals surface area contributed by atoms with E-state index in [1.807, 2.05) is 0 Å². The van der Waals surface area contributed by atoms with Crippen LogP contribution < -0.4 is 0 Å². The molecule has 0 amide bonds. The summed E-state index contributed by atoms with van der Waals surface area (Å²) in [5.41, 5.74) is 0.593. The summed E-state index contributed by atoms with van der Waals surface area (Å²) in [4.78, 5) is 2.11. The van der Waals surface area contributed by atoms with Crippen molar-refractivity contribution < 1.29 is 14.6 Å². The van der Waals surface area contributed by atoms with Crippen molar-refractivity contribution in [2.45, 2.75) is 44.4 Å². The predicted octanol–water partition coefficient (Wildman–Crippen LogP) is 2.09. The average Bonchev–Trinajstić information content (AvgIpc) is 2.39. The van der Waals surface area contributed by atoms with E-state index in [1.165, 1.54) is 12.1 Å². The predicted molar refractivity (Wildman–Crippen MR) is 72.3 cm³/mol. The smallest absolute Gasteiger partial charge is 0.123 e. The van der Waals surface area contributed by atoms with Crippen LogP contribution in [0.25, 0.3) is 0 Å². The molecule has 4 heteroatoms. The normalized spacial score (nSPS) is 24.1. The van der Waals surface area contributed by atoms with Gasteiger partial charge < -0.3 is 10.2 Å². The van der Waals surface area contributed by atoms with Crippen LogP contribution in [0.2, 0.25) is 0 Å². The summed E-state index contributed by atoms with van der Waals surface area (Å²) >= 11 is 0. The third-order valence-corrected chi connectivity index (χ3v) is 3.86. The van der Waals surface area contributed by atoms with Gasteiger partial charge in [-0.15, -0.1) is 0 Å². The molecule has 0 radical (unpaired) electrons. The second-order valence-corrected chi connectivity index (χ2v) is 5.37. The molecule has 0 bridgehead atoms. The van der Waals surface area contributed by atoms with Crippen LogP contribution in [0, 0.1) is 5.82 Å². The number of hydrogen-bond acceptors (Lipinski definition) is 3. The van der Waals surface area contributed by atoms with Gasteiger partial charge in [0.15, 0.2) is 0 Å². The van der Waals surface area contributed by atoms with E-state index in [4.69, 9.17) is 0 Å². The number of nitrogens with zero attached hydrogens (tertiary/aromatic N) is 1. The number of hydrogen-bond donors (Lipinski definition) is 2. The molecule has 106 valence electrons. The molecule has 0 aliphatic carbocycles. The number of piperidine rings is 1. The number of halogens is 1. The molecule has 0 aromatic heterocycles. The molecule has 1 aromatic carbocycles. The van der Waals surface area contributed by atoms with Crippen LogP contribution in [0.15, 0.2) is 24.3 Å². The van der Waals surface area contributed by atoms with Crippen LogP contribution >= 0.6 is 0 Å². The molecule has 1 fully saturated rings. The Morgan fingerprint density at radius 3 is 2.84 bits per heavy atom. The van der Waals surface area contributed by atoms with Gasteiger partial charge in [0.25, 0.3) is 0 Å². The zero-order chi connectivity index (χ0) is 13.8. The highest BCUT2D eigenvalue weighted by Crippen LogP contribution is 2.23. The number of rotatable bonds is 4. The molecule has 1 aliphatic heterocycles. The highest BCUT2D eigenvalue weighted by Gasteiger charge is 2.27. The van der Waals surface area contributed by atoms with Gasteiger partial charge in [0.2, 0.25) is 0 Å². The Balaban J connectivity index is 2.02. The van der Waals surface area contributed by atoms with Crippen molar-refractivity contribution in [1.29, 1.82) is 0 Å². The van der Waals surface area contributed by atoms with Crippen molar-refractivity contribution in [2.75, 3.05) is 13.1 Å². The van der Waals surface area contributed by atoms with Gasteiger partial charge in [0, 0.05) is 12.6 Å². The zero-order valence-corrected chi connectivity index (χ0v) is 11.3. The molecule has 1 aliphatic rings. The lowest BCUT2D eigenvalue weighted by atomic mass is 9.97. The van der Waals surface area contributed by atoms with Gasteiger partial charge in [0.05, 0.1) is 12.2 Å². The van der Waals surface area contributed by atoms with Crippen LogP contribution in [-0.2, 0) is 0 Å². The molecular formula is C15H22FNO2. The molecule has 3 atom stereocenters. The van der Waals surface area contributed by atoms with E-state index in [9.17, 15) is 14.6 Å². The number of β-amino-alcohol motifs (C(OH)–C–C–N with tert-alkyl or cyclic N) is 1. The molecule has 1 saturated heterocycles. The maximum atomic E-state index is 13.1. The lowest BCUT2D eigenvalue weighted by molar-refractivity contribution is 0.00757. The fraction of sp³-hybridized carbons (Fsp3) is 0.600. The lowest BCUT2D eigenvalue weighted by Crippen LogP contribution is -2.47. The van der Waals surface area contributed by atoms with E-state index in [0.29, 0.717) is 12.1 Å². The minimum Gasteiger partial charge on any atom is -0.392 e. The second kappa shape index (κ2) is 6.46. The largest absolute Gasteiger partial charge is 0.392 e. The minimum atomic E-state index is -0.713. The van der Waals surface area contributed by atoms with E-state index in [2.05, 4.69) is 4.90 Å². The number of aliphatic hydroxyl groups is 2. The van der Waals surface area contributed by atoms with Gasteiger partial charge >= 0.3 is 0 Å². The van der Waals surface area contributed by atoms with Gasteiger partial charge in [-0.25, -0.2) is 4.39 Å². The summed E-state index contributed by atoms with van der Waals surface area (Å²) in [5.74, 6) is -0.331. The Hall–Kier alpha value is -0.970. The van der Waals surface area contributed by atoms with Crippen molar-refractivity contribution in [3.05, 3.63) is 35.6 Å². The lowest BCUT2D eigenvalue weighted by Gasteiger charge is -2.38. The van der Waals surface area contributed by atoms with E-state index >= 15 is 0 Å². The van der Waals surface area contributed by atoms with Crippen molar-refractivity contribution in [3.63, 3.8) is 0 Å². The van der Waals surface area contributed by atoms with Gasteiger partial charge in [-0.2, -0.15) is 0 Å². The fourth-order valence-corrected chi connectivity index (χ4v) is 2.83. The molecule has 0 spiro atoms. The third kappa shape index (κ3) is 3.75. The van der Waals surface area contributed by atoms with Crippen LogP contribution in [0.1, 0.15) is 37.9 Å².